The highest BCUT2D eigenvalue weighted by molar-refractivity contribution is 7.89. The van der Waals surface area contributed by atoms with E-state index in [0.717, 1.165) is 12.5 Å². The maximum absolute atomic E-state index is 11.7. The summed E-state index contributed by atoms with van der Waals surface area (Å²) in [4.78, 5) is 11.4. The van der Waals surface area contributed by atoms with Gasteiger partial charge in [-0.3, -0.25) is 4.79 Å². The van der Waals surface area contributed by atoms with Crippen molar-refractivity contribution < 1.29 is 17.9 Å². The van der Waals surface area contributed by atoms with Gasteiger partial charge >= 0.3 is 0 Å². The minimum absolute atomic E-state index is 0.00133. The summed E-state index contributed by atoms with van der Waals surface area (Å²) in [7, 11) is -3.98. The molecule has 0 heterocycles. The van der Waals surface area contributed by atoms with Crippen molar-refractivity contribution in [2.45, 2.75) is 31.3 Å². The Bertz CT molecular complexity index is 634. The van der Waals surface area contributed by atoms with Crippen molar-refractivity contribution in [1.29, 1.82) is 0 Å². The molecule has 0 aliphatic carbocycles. The first-order valence-electron chi connectivity index (χ1n) is 6.13. The van der Waals surface area contributed by atoms with E-state index in [1.165, 1.54) is 6.07 Å². The number of benzene rings is 1. The number of nitrogens with two attached hydrogens (primary N) is 1. The minimum atomic E-state index is -3.98. The SMILES string of the molecule is CCCNC(=O)C(C)Oc1cc(Cl)c(S(N)(=O)=O)cc1Cl. The van der Waals surface area contributed by atoms with Crippen LogP contribution in [0.1, 0.15) is 20.3 Å². The fourth-order valence-corrected chi connectivity index (χ4v) is 2.82. The molecule has 0 bridgehead atoms. The summed E-state index contributed by atoms with van der Waals surface area (Å²) in [5, 5.41) is 7.54. The maximum atomic E-state index is 11.7. The number of sulfonamides is 1. The molecule has 0 fully saturated rings. The molecule has 1 amide bonds. The number of rotatable bonds is 6. The molecule has 1 atom stereocenters. The van der Waals surface area contributed by atoms with Crippen LogP contribution in [0, 0.1) is 0 Å². The third-order valence-electron chi connectivity index (χ3n) is 2.52. The van der Waals surface area contributed by atoms with Gasteiger partial charge in [0.25, 0.3) is 5.91 Å². The Labute approximate surface area is 133 Å². The predicted octanol–water partition coefficient (Wildman–Crippen LogP) is 1.93. The molecule has 3 N–H and O–H groups in total. The lowest BCUT2D eigenvalue weighted by Crippen LogP contribution is -2.36. The summed E-state index contributed by atoms with van der Waals surface area (Å²) in [5.41, 5.74) is 0. The van der Waals surface area contributed by atoms with E-state index in [1.807, 2.05) is 6.92 Å². The van der Waals surface area contributed by atoms with Crippen LogP contribution in [-0.2, 0) is 14.8 Å². The maximum Gasteiger partial charge on any atom is 0.260 e. The van der Waals surface area contributed by atoms with Crippen LogP contribution in [0.25, 0.3) is 0 Å². The number of carbonyl (C=O) groups is 1. The van der Waals surface area contributed by atoms with Crippen LogP contribution >= 0.6 is 23.2 Å². The quantitative estimate of drug-likeness (QED) is 0.815. The van der Waals surface area contributed by atoms with E-state index in [9.17, 15) is 13.2 Å². The van der Waals surface area contributed by atoms with Crippen LogP contribution in [0.15, 0.2) is 17.0 Å². The van der Waals surface area contributed by atoms with Gasteiger partial charge in [-0.05, 0) is 19.4 Å². The second-order valence-corrected chi connectivity index (χ2v) is 6.65. The summed E-state index contributed by atoms with van der Waals surface area (Å²) < 4.78 is 28.0. The van der Waals surface area contributed by atoms with Gasteiger partial charge in [0.15, 0.2) is 6.10 Å². The number of hydrogen-bond acceptors (Lipinski definition) is 4. The van der Waals surface area contributed by atoms with Crippen LogP contribution in [0.3, 0.4) is 0 Å². The van der Waals surface area contributed by atoms with E-state index in [-0.39, 0.29) is 26.6 Å². The predicted molar refractivity (Wildman–Crippen MR) is 81.2 cm³/mol. The molecule has 0 saturated heterocycles. The van der Waals surface area contributed by atoms with Gasteiger partial charge in [-0.25, -0.2) is 13.6 Å². The molecule has 118 valence electrons. The van der Waals surface area contributed by atoms with Gasteiger partial charge in [-0.2, -0.15) is 0 Å². The lowest BCUT2D eigenvalue weighted by molar-refractivity contribution is -0.127. The van der Waals surface area contributed by atoms with Crippen molar-refractivity contribution in [3.63, 3.8) is 0 Å². The zero-order valence-electron chi connectivity index (χ0n) is 11.5. The first kappa shape index (κ1) is 18.0. The van der Waals surface area contributed by atoms with Crippen LogP contribution < -0.4 is 15.2 Å². The molecule has 6 nitrogen and oxygen atoms in total. The Morgan fingerprint density at radius 1 is 1.38 bits per heavy atom. The molecule has 21 heavy (non-hydrogen) atoms. The Kier molecular flexibility index (Phi) is 6.27. The average Bonchev–Trinajstić information content (AvgIpc) is 2.38. The molecule has 9 heteroatoms. The molecule has 0 aliphatic heterocycles. The standard InChI is InChI=1S/C12H16Cl2N2O4S/c1-3-4-16-12(17)7(2)20-10-5-9(14)11(6-8(10)13)21(15,18)19/h5-7H,3-4H2,1-2H3,(H,16,17)(H2,15,18,19). The number of amides is 1. The van der Waals surface area contributed by atoms with Crippen molar-refractivity contribution in [1.82, 2.24) is 5.32 Å². The number of primary sulfonamides is 1. The van der Waals surface area contributed by atoms with Gasteiger partial charge in [0.1, 0.15) is 10.6 Å². The Hall–Kier alpha value is -1.02. The molecule has 0 spiro atoms. The van der Waals surface area contributed by atoms with Crippen LogP contribution in [0.2, 0.25) is 10.0 Å². The van der Waals surface area contributed by atoms with Crippen molar-refractivity contribution in [3.8, 4) is 5.75 Å². The molecule has 0 radical (unpaired) electrons. The summed E-state index contributed by atoms with van der Waals surface area (Å²) in [6, 6.07) is 2.30. The fourth-order valence-electron chi connectivity index (χ4n) is 1.45. The fraction of sp³-hybridized carbons (Fsp3) is 0.417. The number of halogens is 2. The lowest BCUT2D eigenvalue weighted by Gasteiger charge is -2.16. The van der Waals surface area contributed by atoms with Gasteiger partial charge in [0.05, 0.1) is 10.0 Å². The van der Waals surface area contributed by atoms with Gasteiger partial charge in [0.2, 0.25) is 10.0 Å². The van der Waals surface area contributed by atoms with E-state index in [4.69, 9.17) is 33.1 Å². The zero-order valence-corrected chi connectivity index (χ0v) is 13.8. The van der Waals surface area contributed by atoms with Crippen molar-refractivity contribution in [3.05, 3.63) is 22.2 Å². The van der Waals surface area contributed by atoms with E-state index in [1.54, 1.807) is 6.92 Å². The number of ether oxygens (including phenoxy) is 1. The van der Waals surface area contributed by atoms with Gasteiger partial charge < -0.3 is 10.1 Å². The topological polar surface area (TPSA) is 98.5 Å². The number of carbonyl (C=O) groups excluding carboxylic acids is 1. The number of hydrogen-bond donors (Lipinski definition) is 2. The van der Waals surface area contributed by atoms with E-state index < -0.39 is 16.1 Å². The summed E-state index contributed by atoms with van der Waals surface area (Å²) in [6.07, 6.45) is -0.000806. The zero-order chi connectivity index (χ0) is 16.2. The Morgan fingerprint density at radius 3 is 2.52 bits per heavy atom. The average molecular weight is 355 g/mol. The van der Waals surface area contributed by atoms with Gasteiger partial charge in [0, 0.05) is 12.6 Å². The molecule has 1 aromatic rings. The highest BCUT2D eigenvalue weighted by atomic mass is 35.5. The van der Waals surface area contributed by atoms with E-state index in [2.05, 4.69) is 5.32 Å². The van der Waals surface area contributed by atoms with E-state index >= 15 is 0 Å². The molecule has 0 aromatic heterocycles. The highest BCUT2D eigenvalue weighted by Crippen LogP contribution is 2.33. The molecule has 0 saturated carbocycles. The summed E-state index contributed by atoms with van der Waals surface area (Å²) >= 11 is 11.8. The van der Waals surface area contributed by atoms with E-state index in [0.29, 0.717) is 6.54 Å². The third-order valence-corrected chi connectivity index (χ3v) is 4.19. The molecular formula is C12H16Cl2N2O4S. The van der Waals surface area contributed by atoms with Crippen molar-refractivity contribution in [2.75, 3.05) is 6.54 Å². The highest BCUT2D eigenvalue weighted by Gasteiger charge is 2.20. The third kappa shape index (κ3) is 5.03. The number of nitrogens with one attached hydrogen (secondary N) is 1. The van der Waals surface area contributed by atoms with Crippen LogP contribution in [0.5, 0.6) is 5.75 Å². The molecule has 0 aliphatic rings. The smallest absolute Gasteiger partial charge is 0.260 e. The second kappa shape index (κ2) is 7.31. The van der Waals surface area contributed by atoms with Crippen molar-refractivity contribution in [2.24, 2.45) is 5.14 Å². The first-order chi connectivity index (χ1) is 9.66. The minimum Gasteiger partial charge on any atom is -0.479 e. The Morgan fingerprint density at radius 2 is 2.00 bits per heavy atom. The normalized spacial score (nSPS) is 12.8. The van der Waals surface area contributed by atoms with Crippen molar-refractivity contribution >= 4 is 39.1 Å². The van der Waals surface area contributed by atoms with Gasteiger partial charge in [-0.15, -0.1) is 0 Å². The molecule has 1 aromatic carbocycles. The molecular weight excluding hydrogens is 339 g/mol. The van der Waals surface area contributed by atoms with Crippen LogP contribution in [0.4, 0.5) is 0 Å². The van der Waals surface area contributed by atoms with Crippen LogP contribution in [-0.4, -0.2) is 27.0 Å². The Balaban J connectivity index is 2.96. The summed E-state index contributed by atoms with van der Waals surface area (Å²) in [6.45, 7) is 4.00. The second-order valence-electron chi connectivity index (χ2n) is 4.31. The molecule has 1 unspecified atom stereocenters. The first-order valence-corrected chi connectivity index (χ1v) is 8.43. The van der Waals surface area contributed by atoms with Gasteiger partial charge in [-0.1, -0.05) is 30.1 Å². The molecule has 1 rings (SSSR count). The lowest BCUT2D eigenvalue weighted by atomic mass is 10.3. The largest absolute Gasteiger partial charge is 0.479 e. The monoisotopic (exact) mass is 354 g/mol. The summed E-state index contributed by atoms with van der Waals surface area (Å²) in [5.74, 6) is -0.201.